The monoisotopic (exact) mass is 1090 g/mol. The molecular formula is C45H58N9O15P3S. The number of phosphoric acid groups is 3. The molecule has 2 amide bonds. The number of anilines is 2. The van der Waals surface area contributed by atoms with Crippen LogP contribution in [-0.2, 0) is 36.4 Å². The predicted octanol–water partition coefficient (Wildman–Crippen LogP) is 3.88. The zero-order valence-corrected chi connectivity index (χ0v) is 44.0. The van der Waals surface area contributed by atoms with Crippen molar-refractivity contribution in [1.82, 2.24) is 34.3 Å². The Kier molecular flexibility index (Phi) is 18.0. The molecule has 2 aliphatic heterocycles. The molecule has 7 rings (SSSR count). The van der Waals surface area contributed by atoms with Crippen molar-refractivity contribution in [3.05, 3.63) is 84.2 Å². The average Bonchev–Trinajstić information content (AvgIpc) is 3.88. The molecule has 24 nitrogen and oxygen atoms in total. The lowest BCUT2D eigenvalue weighted by molar-refractivity contribution is -0.212. The molecule has 4 aromatic rings. The second-order valence-corrected chi connectivity index (χ2v) is 23.1. The summed E-state index contributed by atoms with van der Waals surface area (Å²) >= 11 is 1.73. The second-order valence-electron chi connectivity index (χ2n) is 17.7. The van der Waals surface area contributed by atoms with E-state index in [2.05, 4.69) is 84.6 Å². The highest BCUT2D eigenvalue weighted by Crippen LogP contribution is 2.65. The molecule has 4 heterocycles. The first kappa shape index (κ1) is 55.7. The number of benzene rings is 3. The topological polar surface area (TPSA) is 324 Å². The maximum Gasteiger partial charge on any atom is 0.487 e. The Morgan fingerprint density at radius 2 is 1.62 bits per heavy atom. The fraction of sp³-hybridized carbons (Fsp3) is 0.422. The molecule has 2 aromatic carbocycles. The predicted molar refractivity (Wildman–Crippen MR) is 270 cm³/mol. The van der Waals surface area contributed by atoms with Crippen molar-refractivity contribution in [2.24, 2.45) is 0 Å². The minimum atomic E-state index is -5.85. The van der Waals surface area contributed by atoms with E-state index in [9.17, 15) is 48.2 Å². The second kappa shape index (κ2) is 23.6. The van der Waals surface area contributed by atoms with Gasteiger partial charge in [-0.25, -0.2) is 33.0 Å². The first-order valence-corrected chi connectivity index (χ1v) is 28.3. The zero-order chi connectivity index (χ0) is 52.8. The summed E-state index contributed by atoms with van der Waals surface area (Å²) in [5, 5.41) is 29.7. The van der Waals surface area contributed by atoms with Crippen LogP contribution in [0.15, 0.2) is 73.3 Å². The third-order valence-corrected chi connectivity index (χ3v) is 16.8. The van der Waals surface area contributed by atoms with Crippen LogP contribution in [0.25, 0.3) is 42.8 Å². The van der Waals surface area contributed by atoms with E-state index in [0.29, 0.717) is 43.0 Å². The largest absolute Gasteiger partial charge is 0.756 e. The molecule has 0 saturated carbocycles. The number of fused-ring (bicyclic) bond motifs is 3. The first-order chi connectivity index (χ1) is 34.5. The minimum Gasteiger partial charge on any atom is -0.756 e. The summed E-state index contributed by atoms with van der Waals surface area (Å²) in [7, 11) is -7.39. The van der Waals surface area contributed by atoms with Gasteiger partial charge in [0.15, 0.2) is 23.2 Å². The standard InChI is InChI=1S/C45H58N9O15P3S/c1-51(2)28-16-18-32-35(23-28)73-36-24-29(52(3)4)17-19-33(36)38(32)30-13-8-9-14-31(30)44(58)53(5)22-12-15-37(55)46-20-10-6-7-11-21-47-42-39-43(49-26-48-42)54(27-50-39)45-41(57)40(56)34(67-45)25-66-71(62,63)69-72(64,65)68-70(59,60)61/h8-9,13-14,16-19,23-24,26-27,34,40-41,45,56-57H,6-7,10-12,15,20-22,25H2,1-5H3,(H5-,46,47,48,49,55,59,60,61,62,63,64,65)/t34-,40-,41-,45-/m1/s1. The summed E-state index contributed by atoms with van der Waals surface area (Å²) < 4.78 is 56.4. The SMILES string of the molecule is CN(CCCC(=O)NCCCCCCNc1ncnc2c1ncn2[C@@H]1O[C@H](COP(=O)(O)OP(=O)(O)OP(=O)([O-])O)[C@@H](O)[C@H]1O)C(=O)c1ccccc1-c1c2ccc(=[N+](C)C)cc-2sc2cc(N(C)C)ccc12. The molecule has 28 heteroatoms. The number of unbranched alkanes of at least 4 members (excludes halogenated alkanes) is 3. The van der Waals surface area contributed by atoms with Gasteiger partial charge >= 0.3 is 15.6 Å². The Balaban J connectivity index is 0.841. The van der Waals surface area contributed by atoms with Gasteiger partial charge in [-0.15, -0.1) is 11.3 Å². The molecule has 7 N–H and O–H groups in total. The fourth-order valence-electron chi connectivity index (χ4n) is 8.24. The van der Waals surface area contributed by atoms with Gasteiger partial charge in [0.1, 0.15) is 38.7 Å². The molecule has 2 aromatic heterocycles. The molecule has 1 aliphatic carbocycles. The summed E-state index contributed by atoms with van der Waals surface area (Å²) in [6.45, 7) is 0.413. The van der Waals surface area contributed by atoms with Crippen molar-refractivity contribution in [2.45, 2.75) is 63.1 Å². The average molecular weight is 1090 g/mol. The van der Waals surface area contributed by atoms with Crippen LogP contribution in [0.3, 0.4) is 0 Å². The van der Waals surface area contributed by atoms with Crippen molar-refractivity contribution in [2.75, 3.05) is 71.7 Å². The van der Waals surface area contributed by atoms with Crippen LogP contribution in [-0.4, -0.2) is 141 Å². The van der Waals surface area contributed by atoms with E-state index in [1.54, 1.807) is 23.3 Å². The lowest BCUT2D eigenvalue weighted by Gasteiger charge is -2.22. The number of nitrogens with one attached hydrogen (secondary N) is 2. The lowest BCUT2D eigenvalue weighted by Crippen LogP contribution is -2.33. The Bertz CT molecular complexity index is 3150. The van der Waals surface area contributed by atoms with Gasteiger partial charge in [-0.3, -0.25) is 23.2 Å². The number of hydrogen-bond donors (Lipinski definition) is 7. The summed E-state index contributed by atoms with van der Waals surface area (Å²) in [6, 6.07) is 20.6. The molecule has 73 heavy (non-hydrogen) atoms. The Morgan fingerprint density at radius 1 is 0.877 bits per heavy atom. The highest BCUT2D eigenvalue weighted by molar-refractivity contribution is 7.66. The number of amides is 2. The normalized spacial score (nSPS) is 19.3. The van der Waals surface area contributed by atoms with E-state index < -0.39 is 54.6 Å². The number of rotatable bonds is 23. The van der Waals surface area contributed by atoms with Crippen LogP contribution in [0.4, 0.5) is 11.5 Å². The Morgan fingerprint density at radius 3 is 2.34 bits per heavy atom. The van der Waals surface area contributed by atoms with Gasteiger partial charge in [0.2, 0.25) is 11.3 Å². The highest BCUT2D eigenvalue weighted by Gasteiger charge is 2.46. The van der Waals surface area contributed by atoms with Crippen molar-refractivity contribution >= 4 is 79.4 Å². The Labute approximate surface area is 423 Å². The smallest absolute Gasteiger partial charge is 0.487 e. The molecule has 394 valence electrons. The molecule has 1 saturated heterocycles. The number of aliphatic hydroxyl groups excluding tert-OH is 2. The van der Waals surface area contributed by atoms with Gasteiger partial charge in [0, 0.05) is 91.1 Å². The zero-order valence-electron chi connectivity index (χ0n) is 40.5. The summed E-state index contributed by atoms with van der Waals surface area (Å²) in [5.74, 6) is 0.161. The molecule has 1 fully saturated rings. The Hall–Kier alpha value is -5.07. The van der Waals surface area contributed by atoms with E-state index in [0.717, 1.165) is 68.4 Å². The number of imidazole rings is 1. The number of carbonyl (C=O) groups is 2. The first-order valence-electron chi connectivity index (χ1n) is 23.0. The third kappa shape index (κ3) is 14.0. The molecule has 7 atom stereocenters. The van der Waals surface area contributed by atoms with E-state index in [-0.39, 0.29) is 23.9 Å². The molecule has 3 unspecified atom stereocenters. The maximum absolute atomic E-state index is 14.1. The highest BCUT2D eigenvalue weighted by atomic mass is 32.1. The van der Waals surface area contributed by atoms with Crippen LogP contribution < -0.4 is 30.4 Å². The molecule has 0 bridgehead atoms. The van der Waals surface area contributed by atoms with Gasteiger partial charge in [0.25, 0.3) is 13.7 Å². The summed E-state index contributed by atoms with van der Waals surface area (Å²) in [4.78, 5) is 83.0. The van der Waals surface area contributed by atoms with Crippen LogP contribution in [0.5, 0.6) is 0 Å². The van der Waals surface area contributed by atoms with E-state index >= 15 is 0 Å². The number of nitrogens with zero attached hydrogens (tertiary/aromatic N) is 7. The molecule has 0 spiro atoms. The van der Waals surface area contributed by atoms with Crippen LogP contribution in [0, 0.1) is 0 Å². The summed E-state index contributed by atoms with van der Waals surface area (Å²) in [6.07, 6.45) is 0.217. The van der Waals surface area contributed by atoms with Crippen molar-refractivity contribution in [3.63, 3.8) is 0 Å². The van der Waals surface area contributed by atoms with Crippen LogP contribution in [0.2, 0.25) is 0 Å². The van der Waals surface area contributed by atoms with Crippen molar-refractivity contribution in [1.29, 1.82) is 0 Å². The number of aromatic nitrogens is 4. The van der Waals surface area contributed by atoms with E-state index in [1.807, 2.05) is 52.5 Å². The van der Waals surface area contributed by atoms with Crippen molar-refractivity contribution in [3.8, 4) is 21.6 Å². The fourth-order valence-corrected chi connectivity index (χ4v) is 12.4. The van der Waals surface area contributed by atoms with Crippen molar-refractivity contribution < 1.29 is 71.0 Å². The maximum atomic E-state index is 14.1. The minimum absolute atomic E-state index is 0.0883. The molecular weight excluding hydrogens is 1030 g/mol. The van der Waals surface area contributed by atoms with Gasteiger partial charge in [-0.05, 0) is 54.7 Å². The van der Waals surface area contributed by atoms with Gasteiger partial charge in [-0.1, -0.05) is 37.1 Å². The number of phosphoric ester groups is 1. The molecule has 0 radical (unpaired) electrons. The number of hydrogen-bond acceptors (Lipinski definition) is 18. The van der Waals surface area contributed by atoms with Gasteiger partial charge < -0.3 is 55.0 Å². The van der Waals surface area contributed by atoms with Crippen LogP contribution in [0.1, 0.15) is 55.1 Å². The molecule has 3 aliphatic rings. The summed E-state index contributed by atoms with van der Waals surface area (Å²) in [5.41, 5.74) is 5.10. The quantitative estimate of drug-likeness (QED) is 0.0207. The third-order valence-electron chi connectivity index (χ3n) is 11.9. The number of aliphatic hydroxyl groups is 2. The van der Waals surface area contributed by atoms with Gasteiger partial charge in [-0.2, -0.15) is 4.31 Å². The van der Waals surface area contributed by atoms with Gasteiger partial charge in [0.05, 0.1) is 12.9 Å². The lowest BCUT2D eigenvalue weighted by atomic mass is 9.91. The number of carbonyl (C=O) groups excluding carboxylic acids is 2. The van der Waals surface area contributed by atoms with E-state index in [1.165, 1.54) is 17.2 Å². The van der Waals surface area contributed by atoms with Crippen LogP contribution >= 0.6 is 34.8 Å². The van der Waals surface area contributed by atoms with E-state index in [4.69, 9.17) is 9.63 Å². The number of ether oxygens (including phenoxy) is 1.